The molecule has 1 aliphatic heterocycles. The summed E-state index contributed by atoms with van der Waals surface area (Å²) < 4.78 is 5.49. The van der Waals surface area contributed by atoms with E-state index in [0.717, 1.165) is 0 Å². The second-order valence-corrected chi connectivity index (χ2v) is 8.66. The fourth-order valence-electron chi connectivity index (χ4n) is 3.83. The molecule has 1 atom stereocenters. The number of ether oxygens (including phenoxy) is 1. The number of aliphatic hydroxyl groups excluding tert-OH is 1. The van der Waals surface area contributed by atoms with E-state index in [1.54, 1.807) is 25.1 Å². The number of hydrogen-bond acceptors (Lipinski definition) is 5. The van der Waals surface area contributed by atoms with Crippen LogP contribution in [0, 0.1) is 0 Å². The summed E-state index contributed by atoms with van der Waals surface area (Å²) in [5, 5.41) is 22.0. The second-order valence-electron chi connectivity index (χ2n) is 7.44. The van der Waals surface area contributed by atoms with Gasteiger partial charge in [0.05, 0.1) is 33.3 Å². The lowest BCUT2D eigenvalue weighted by Crippen LogP contribution is -2.29. The molecule has 1 saturated heterocycles. The highest BCUT2D eigenvalue weighted by atomic mass is 35.5. The molecular formula is C25H18Cl3NO5. The number of aliphatic hydroxyl groups is 1. The zero-order valence-corrected chi connectivity index (χ0v) is 20.0. The van der Waals surface area contributed by atoms with Crippen molar-refractivity contribution in [3.8, 4) is 11.5 Å². The molecule has 3 aromatic rings. The Balaban J connectivity index is 1.97. The van der Waals surface area contributed by atoms with Crippen LogP contribution >= 0.6 is 34.8 Å². The largest absolute Gasteiger partial charge is 0.508 e. The molecule has 1 aliphatic rings. The SMILES string of the molecule is CCOc1ccc(Cl)c(/C(O)=C2\C(=O)C(=O)N(c3ccc(Cl)c(Cl)c3)C2c2cccc(O)c2)c1. The van der Waals surface area contributed by atoms with E-state index in [0.29, 0.717) is 17.9 Å². The standard InChI is InChI=1S/C25H18Cl3NO5/c1-2-34-16-7-9-18(26)17(12-16)23(31)21-22(13-4-3-5-15(30)10-13)29(25(33)24(21)32)14-6-8-19(27)20(28)11-14/h3-12,22,30-31H,2H2,1H3/b23-21+. The van der Waals surface area contributed by atoms with Crippen molar-refractivity contribution in [2.75, 3.05) is 11.5 Å². The predicted molar refractivity (Wildman–Crippen MR) is 132 cm³/mol. The van der Waals surface area contributed by atoms with E-state index in [-0.39, 0.29) is 37.6 Å². The van der Waals surface area contributed by atoms with Crippen LogP contribution in [0.4, 0.5) is 5.69 Å². The quantitative estimate of drug-likeness (QED) is 0.233. The summed E-state index contributed by atoms with van der Waals surface area (Å²) in [4.78, 5) is 27.6. The van der Waals surface area contributed by atoms with E-state index in [2.05, 4.69) is 0 Å². The molecule has 0 aliphatic carbocycles. The van der Waals surface area contributed by atoms with Gasteiger partial charge < -0.3 is 14.9 Å². The third-order valence-electron chi connectivity index (χ3n) is 5.32. The molecular weight excluding hydrogens is 501 g/mol. The van der Waals surface area contributed by atoms with Gasteiger partial charge in [-0.05, 0) is 61.0 Å². The van der Waals surface area contributed by atoms with E-state index in [4.69, 9.17) is 39.5 Å². The minimum Gasteiger partial charge on any atom is -0.508 e. The first-order chi connectivity index (χ1) is 16.2. The van der Waals surface area contributed by atoms with E-state index < -0.39 is 23.5 Å². The Labute approximate surface area is 210 Å². The van der Waals surface area contributed by atoms with Crippen LogP contribution in [0.25, 0.3) is 5.76 Å². The van der Waals surface area contributed by atoms with Gasteiger partial charge in [-0.2, -0.15) is 0 Å². The molecule has 1 amide bonds. The maximum atomic E-state index is 13.2. The van der Waals surface area contributed by atoms with Gasteiger partial charge >= 0.3 is 0 Å². The molecule has 174 valence electrons. The Kier molecular flexibility index (Phi) is 6.75. The van der Waals surface area contributed by atoms with Crippen molar-refractivity contribution in [3.05, 3.63) is 92.4 Å². The molecule has 4 rings (SSSR count). The van der Waals surface area contributed by atoms with E-state index in [1.165, 1.54) is 47.4 Å². The fraction of sp³-hybridized carbons (Fsp3) is 0.120. The van der Waals surface area contributed by atoms with Gasteiger partial charge in [0.15, 0.2) is 0 Å². The van der Waals surface area contributed by atoms with Gasteiger partial charge in [-0.1, -0.05) is 46.9 Å². The number of nitrogens with zero attached hydrogens (tertiary/aromatic N) is 1. The molecule has 0 saturated carbocycles. The van der Waals surface area contributed by atoms with Crippen LogP contribution in [0.1, 0.15) is 24.1 Å². The molecule has 0 radical (unpaired) electrons. The Hall–Kier alpha value is -3.19. The molecule has 34 heavy (non-hydrogen) atoms. The van der Waals surface area contributed by atoms with Crippen molar-refractivity contribution >= 4 is 57.9 Å². The minimum absolute atomic E-state index is 0.0754. The third-order valence-corrected chi connectivity index (χ3v) is 6.38. The lowest BCUT2D eigenvalue weighted by molar-refractivity contribution is -0.132. The summed E-state index contributed by atoms with van der Waals surface area (Å²) >= 11 is 18.5. The first-order valence-corrected chi connectivity index (χ1v) is 11.3. The summed E-state index contributed by atoms with van der Waals surface area (Å²) in [6.45, 7) is 2.19. The van der Waals surface area contributed by atoms with E-state index in [9.17, 15) is 19.8 Å². The average molecular weight is 519 g/mol. The van der Waals surface area contributed by atoms with Crippen LogP contribution in [0.3, 0.4) is 0 Å². The minimum atomic E-state index is -1.07. The Bertz CT molecular complexity index is 1340. The zero-order valence-electron chi connectivity index (χ0n) is 17.8. The molecule has 0 bridgehead atoms. The molecule has 9 heteroatoms. The van der Waals surface area contributed by atoms with Crippen LogP contribution in [0.2, 0.25) is 15.1 Å². The summed E-state index contributed by atoms with van der Waals surface area (Å²) in [5.74, 6) is -1.92. The molecule has 1 heterocycles. The number of carbonyl (C=O) groups excluding carboxylic acids is 2. The van der Waals surface area contributed by atoms with Crippen LogP contribution in [-0.4, -0.2) is 28.5 Å². The maximum absolute atomic E-state index is 13.2. The van der Waals surface area contributed by atoms with Crippen molar-refractivity contribution in [1.29, 1.82) is 0 Å². The van der Waals surface area contributed by atoms with Crippen LogP contribution in [0.5, 0.6) is 11.5 Å². The lowest BCUT2D eigenvalue weighted by atomic mass is 9.95. The van der Waals surface area contributed by atoms with Crippen molar-refractivity contribution in [2.24, 2.45) is 0 Å². The third kappa shape index (κ3) is 4.32. The number of hydrogen-bond donors (Lipinski definition) is 2. The molecule has 0 spiro atoms. The zero-order chi connectivity index (χ0) is 24.6. The van der Waals surface area contributed by atoms with Crippen LogP contribution in [0.15, 0.2) is 66.2 Å². The van der Waals surface area contributed by atoms with E-state index in [1.807, 2.05) is 0 Å². The Morgan fingerprint density at radius 3 is 2.38 bits per heavy atom. The van der Waals surface area contributed by atoms with Crippen molar-refractivity contribution in [2.45, 2.75) is 13.0 Å². The van der Waals surface area contributed by atoms with Gasteiger partial charge in [0.2, 0.25) is 0 Å². The van der Waals surface area contributed by atoms with Crippen LogP contribution in [-0.2, 0) is 9.59 Å². The fourth-order valence-corrected chi connectivity index (χ4v) is 4.33. The number of aromatic hydroxyl groups is 1. The van der Waals surface area contributed by atoms with Crippen LogP contribution < -0.4 is 9.64 Å². The summed E-state index contributed by atoms with van der Waals surface area (Å²) in [6.07, 6.45) is 0. The first kappa shape index (κ1) is 24.0. The molecule has 1 fully saturated rings. The number of ketones is 1. The number of Topliss-reactive ketones (excluding diaryl/α,β-unsaturated/α-hetero) is 1. The van der Waals surface area contributed by atoms with Gasteiger partial charge in [0, 0.05) is 11.3 Å². The van der Waals surface area contributed by atoms with Gasteiger partial charge in [-0.15, -0.1) is 0 Å². The number of carbonyl (C=O) groups is 2. The highest BCUT2D eigenvalue weighted by Crippen LogP contribution is 2.44. The Morgan fingerprint density at radius 1 is 0.971 bits per heavy atom. The molecule has 2 N–H and O–H groups in total. The van der Waals surface area contributed by atoms with E-state index >= 15 is 0 Å². The van der Waals surface area contributed by atoms with Gasteiger partial charge in [0.1, 0.15) is 17.3 Å². The lowest BCUT2D eigenvalue weighted by Gasteiger charge is -2.26. The van der Waals surface area contributed by atoms with Crippen molar-refractivity contribution in [1.82, 2.24) is 0 Å². The maximum Gasteiger partial charge on any atom is 0.300 e. The number of amides is 1. The monoisotopic (exact) mass is 517 g/mol. The van der Waals surface area contributed by atoms with Gasteiger partial charge in [-0.25, -0.2) is 0 Å². The topological polar surface area (TPSA) is 87.1 Å². The number of phenolic OH excluding ortho intramolecular Hbond substituents is 1. The first-order valence-electron chi connectivity index (χ1n) is 10.2. The molecule has 6 nitrogen and oxygen atoms in total. The second kappa shape index (κ2) is 9.58. The smallest absolute Gasteiger partial charge is 0.300 e. The number of rotatable bonds is 5. The average Bonchev–Trinajstić information content (AvgIpc) is 3.07. The molecule has 1 unspecified atom stereocenters. The predicted octanol–water partition coefficient (Wildman–Crippen LogP) is 6.38. The van der Waals surface area contributed by atoms with Crippen molar-refractivity contribution in [3.63, 3.8) is 0 Å². The highest BCUT2D eigenvalue weighted by molar-refractivity contribution is 6.52. The normalized spacial score (nSPS) is 17.3. The van der Waals surface area contributed by atoms with Crippen molar-refractivity contribution < 1.29 is 24.5 Å². The highest BCUT2D eigenvalue weighted by Gasteiger charge is 2.47. The number of benzene rings is 3. The Morgan fingerprint density at radius 2 is 1.71 bits per heavy atom. The van der Waals surface area contributed by atoms with Gasteiger partial charge in [-0.3, -0.25) is 14.5 Å². The number of halogens is 3. The summed E-state index contributed by atoms with van der Waals surface area (Å²) in [5.41, 5.74) is 0.615. The summed E-state index contributed by atoms with van der Waals surface area (Å²) in [6, 6.07) is 14.1. The summed E-state index contributed by atoms with van der Waals surface area (Å²) in [7, 11) is 0. The number of phenols is 1. The molecule has 0 aromatic heterocycles. The number of anilines is 1. The van der Waals surface area contributed by atoms with Gasteiger partial charge in [0.25, 0.3) is 11.7 Å². The molecule has 3 aromatic carbocycles.